The first kappa shape index (κ1) is 11.0. The van der Waals surface area contributed by atoms with Crippen molar-refractivity contribution in [1.82, 2.24) is 10.1 Å². The number of phenols is 1. The molecule has 0 radical (unpaired) electrons. The van der Waals surface area contributed by atoms with E-state index in [1.807, 2.05) is 0 Å². The molecule has 0 unspecified atom stereocenters. The second kappa shape index (κ2) is 4.18. The van der Waals surface area contributed by atoms with Crippen LogP contribution in [0.2, 0.25) is 0 Å². The molecule has 0 atom stereocenters. The summed E-state index contributed by atoms with van der Waals surface area (Å²) in [6.45, 7) is 0.107. The van der Waals surface area contributed by atoms with Crippen LogP contribution in [-0.4, -0.2) is 15.2 Å². The highest BCUT2D eigenvalue weighted by atomic mass is 79.9. The number of benzene rings is 1. The zero-order valence-corrected chi connectivity index (χ0v) is 9.53. The predicted octanol–water partition coefficient (Wildman–Crippen LogP) is 1.80. The van der Waals surface area contributed by atoms with E-state index in [1.54, 1.807) is 0 Å². The molecular weight excluding hydrogens is 281 g/mol. The van der Waals surface area contributed by atoms with Crippen LogP contribution in [0.1, 0.15) is 5.89 Å². The van der Waals surface area contributed by atoms with Gasteiger partial charge in [-0.15, -0.1) is 0 Å². The molecule has 0 saturated heterocycles. The van der Waals surface area contributed by atoms with Gasteiger partial charge in [-0.25, -0.2) is 4.39 Å². The van der Waals surface area contributed by atoms with Crippen LogP contribution in [0.3, 0.4) is 0 Å². The number of nitrogens with two attached hydrogens (primary N) is 1. The van der Waals surface area contributed by atoms with Crippen LogP contribution in [0.25, 0.3) is 11.4 Å². The van der Waals surface area contributed by atoms with E-state index in [-0.39, 0.29) is 34.0 Å². The summed E-state index contributed by atoms with van der Waals surface area (Å²) < 4.78 is 18.1. The van der Waals surface area contributed by atoms with Gasteiger partial charge in [0.15, 0.2) is 0 Å². The second-order valence-corrected chi connectivity index (χ2v) is 3.85. The first-order chi connectivity index (χ1) is 7.61. The van der Waals surface area contributed by atoms with Gasteiger partial charge in [0.1, 0.15) is 11.6 Å². The van der Waals surface area contributed by atoms with E-state index in [2.05, 4.69) is 26.1 Å². The number of halogens is 2. The molecule has 16 heavy (non-hydrogen) atoms. The molecule has 0 aliphatic heterocycles. The Morgan fingerprint density at radius 3 is 2.88 bits per heavy atom. The van der Waals surface area contributed by atoms with Crippen molar-refractivity contribution in [2.75, 3.05) is 0 Å². The molecule has 0 aliphatic rings. The van der Waals surface area contributed by atoms with Gasteiger partial charge in [0.05, 0.1) is 16.6 Å². The van der Waals surface area contributed by atoms with E-state index in [1.165, 1.54) is 6.07 Å². The van der Waals surface area contributed by atoms with Gasteiger partial charge in [0.2, 0.25) is 11.7 Å². The maximum absolute atomic E-state index is 13.1. The fourth-order valence-corrected chi connectivity index (χ4v) is 1.51. The molecule has 0 aliphatic carbocycles. The summed E-state index contributed by atoms with van der Waals surface area (Å²) in [5.74, 6) is -0.414. The van der Waals surface area contributed by atoms with E-state index >= 15 is 0 Å². The Morgan fingerprint density at radius 2 is 2.25 bits per heavy atom. The van der Waals surface area contributed by atoms with Crippen molar-refractivity contribution in [2.24, 2.45) is 5.73 Å². The van der Waals surface area contributed by atoms with Gasteiger partial charge in [-0.3, -0.25) is 0 Å². The molecule has 0 spiro atoms. The zero-order chi connectivity index (χ0) is 11.7. The van der Waals surface area contributed by atoms with Gasteiger partial charge in [-0.05, 0) is 22.0 Å². The van der Waals surface area contributed by atoms with Crippen LogP contribution in [-0.2, 0) is 6.54 Å². The van der Waals surface area contributed by atoms with Gasteiger partial charge in [-0.2, -0.15) is 4.98 Å². The SMILES string of the molecule is NCc1nc(-c2cc(Br)c(F)cc2O)no1. The molecule has 0 bridgehead atoms. The van der Waals surface area contributed by atoms with Crippen LogP contribution in [0.15, 0.2) is 21.1 Å². The highest BCUT2D eigenvalue weighted by Gasteiger charge is 2.14. The lowest BCUT2D eigenvalue weighted by molar-refractivity contribution is 0.380. The van der Waals surface area contributed by atoms with E-state index in [9.17, 15) is 9.50 Å². The van der Waals surface area contributed by atoms with E-state index in [4.69, 9.17) is 10.3 Å². The number of rotatable bonds is 2. The summed E-state index contributed by atoms with van der Waals surface area (Å²) in [4.78, 5) is 3.92. The molecule has 0 fully saturated rings. The Kier molecular flexibility index (Phi) is 2.88. The molecule has 5 nitrogen and oxygen atoms in total. The maximum atomic E-state index is 13.1. The van der Waals surface area contributed by atoms with Gasteiger partial charge in [0.25, 0.3) is 0 Å². The van der Waals surface area contributed by atoms with Crippen LogP contribution < -0.4 is 5.73 Å². The molecule has 84 valence electrons. The third kappa shape index (κ3) is 1.91. The van der Waals surface area contributed by atoms with Gasteiger partial charge in [0, 0.05) is 6.07 Å². The molecular formula is C9H7BrFN3O2. The van der Waals surface area contributed by atoms with E-state index in [0.717, 1.165) is 6.07 Å². The summed E-state index contributed by atoms with van der Waals surface area (Å²) in [6.07, 6.45) is 0. The summed E-state index contributed by atoms with van der Waals surface area (Å²) in [7, 11) is 0. The first-order valence-corrected chi connectivity index (χ1v) is 5.12. The third-order valence-electron chi connectivity index (χ3n) is 1.92. The summed E-state index contributed by atoms with van der Waals surface area (Å²) in [5.41, 5.74) is 5.58. The lowest BCUT2D eigenvalue weighted by Crippen LogP contribution is -1.95. The molecule has 7 heteroatoms. The van der Waals surface area contributed by atoms with E-state index < -0.39 is 5.82 Å². The maximum Gasteiger partial charge on any atom is 0.240 e. The fourth-order valence-electron chi connectivity index (χ4n) is 1.16. The average Bonchev–Trinajstić information content (AvgIpc) is 2.71. The Balaban J connectivity index is 2.51. The highest BCUT2D eigenvalue weighted by Crippen LogP contribution is 2.31. The van der Waals surface area contributed by atoms with Gasteiger partial charge < -0.3 is 15.4 Å². The quantitative estimate of drug-likeness (QED) is 0.880. The van der Waals surface area contributed by atoms with Crippen molar-refractivity contribution in [2.45, 2.75) is 6.54 Å². The fraction of sp³-hybridized carbons (Fsp3) is 0.111. The monoisotopic (exact) mass is 287 g/mol. The Bertz CT molecular complexity index is 529. The standard InChI is InChI=1S/C9H7BrFN3O2/c10-5-1-4(7(15)2-6(5)11)9-13-8(3-12)16-14-9/h1-2,15H,3,12H2. The van der Waals surface area contributed by atoms with Crippen LogP contribution >= 0.6 is 15.9 Å². The van der Waals surface area contributed by atoms with Crippen LogP contribution in [0, 0.1) is 5.82 Å². The summed E-state index contributed by atoms with van der Waals surface area (Å²) in [6, 6.07) is 2.34. The van der Waals surface area contributed by atoms with E-state index in [0.29, 0.717) is 0 Å². The van der Waals surface area contributed by atoms with Crippen molar-refractivity contribution in [3.05, 3.63) is 28.3 Å². The molecule has 2 rings (SSSR count). The molecule has 0 saturated carbocycles. The highest BCUT2D eigenvalue weighted by molar-refractivity contribution is 9.10. The predicted molar refractivity (Wildman–Crippen MR) is 56.9 cm³/mol. The number of aromatic hydroxyl groups is 1. The largest absolute Gasteiger partial charge is 0.507 e. The number of hydrogen-bond donors (Lipinski definition) is 2. The van der Waals surface area contributed by atoms with Gasteiger partial charge in [-0.1, -0.05) is 5.16 Å². The van der Waals surface area contributed by atoms with Crippen LogP contribution in [0.4, 0.5) is 4.39 Å². The van der Waals surface area contributed by atoms with Crippen molar-refractivity contribution < 1.29 is 14.0 Å². The van der Waals surface area contributed by atoms with Crippen LogP contribution in [0.5, 0.6) is 5.75 Å². The Labute approximate surface area is 98.2 Å². The molecule has 1 aromatic heterocycles. The Morgan fingerprint density at radius 1 is 1.50 bits per heavy atom. The molecule has 1 heterocycles. The van der Waals surface area contributed by atoms with Crippen molar-refractivity contribution in [3.63, 3.8) is 0 Å². The number of nitrogens with zero attached hydrogens (tertiary/aromatic N) is 2. The lowest BCUT2D eigenvalue weighted by Gasteiger charge is -2.01. The summed E-state index contributed by atoms with van der Waals surface area (Å²) >= 11 is 3.00. The third-order valence-corrected chi connectivity index (χ3v) is 2.53. The normalized spacial score (nSPS) is 10.7. The van der Waals surface area contributed by atoms with Crippen molar-refractivity contribution in [3.8, 4) is 17.1 Å². The minimum atomic E-state index is -0.566. The molecule has 1 aromatic carbocycles. The minimum absolute atomic E-state index is 0.107. The topological polar surface area (TPSA) is 85.2 Å². The van der Waals surface area contributed by atoms with Crippen molar-refractivity contribution >= 4 is 15.9 Å². The number of hydrogen-bond acceptors (Lipinski definition) is 5. The summed E-state index contributed by atoms with van der Waals surface area (Å²) in [5, 5.41) is 13.2. The molecule has 2 aromatic rings. The Hall–Kier alpha value is -1.47. The van der Waals surface area contributed by atoms with Crippen molar-refractivity contribution in [1.29, 1.82) is 0 Å². The lowest BCUT2D eigenvalue weighted by atomic mass is 10.2. The number of phenolic OH excluding ortho intramolecular Hbond substituents is 1. The zero-order valence-electron chi connectivity index (χ0n) is 7.94. The molecule has 0 amide bonds. The van der Waals surface area contributed by atoms with Gasteiger partial charge >= 0.3 is 0 Å². The first-order valence-electron chi connectivity index (χ1n) is 4.33. The smallest absolute Gasteiger partial charge is 0.240 e. The molecule has 3 N–H and O–H groups in total. The number of aromatic nitrogens is 2. The minimum Gasteiger partial charge on any atom is -0.507 e. The second-order valence-electron chi connectivity index (χ2n) is 3.00. The average molecular weight is 288 g/mol.